The van der Waals surface area contributed by atoms with Crippen LogP contribution in [-0.2, 0) is 0 Å². The van der Waals surface area contributed by atoms with Gasteiger partial charge in [-0.15, -0.1) is 11.3 Å². The zero-order valence-electron chi connectivity index (χ0n) is 11.5. The van der Waals surface area contributed by atoms with Crippen molar-refractivity contribution in [1.82, 2.24) is 10.6 Å². The van der Waals surface area contributed by atoms with E-state index in [1.165, 1.54) is 10.4 Å². The van der Waals surface area contributed by atoms with E-state index in [-0.39, 0.29) is 11.9 Å². The van der Waals surface area contributed by atoms with Crippen LogP contribution >= 0.6 is 11.3 Å². The fourth-order valence-electron chi connectivity index (χ4n) is 2.51. The average Bonchev–Trinajstić information content (AvgIpc) is 2.64. The van der Waals surface area contributed by atoms with Gasteiger partial charge in [-0.3, -0.25) is 4.79 Å². The Morgan fingerprint density at radius 2 is 2.17 bits per heavy atom. The summed E-state index contributed by atoms with van der Waals surface area (Å²) >= 11 is 1.58. The summed E-state index contributed by atoms with van der Waals surface area (Å²) < 4.78 is 0. The number of hydrogen-bond donors (Lipinski definition) is 2. The zero-order valence-corrected chi connectivity index (χ0v) is 12.4. The quantitative estimate of drug-likeness (QED) is 0.863. The van der Waals surface area contributed by atoms with E-state index in [4.69, 9.17) is 0 Å². The topological polar surface area (TPSA) is 41.1 Å². The molecule has 2 N–H and O–H groups in total. The van der Waals surface area contributed by atoms with E-state index in [2.05, 4.69) is 38.3 Å². The van der Waals surface area contributed by atoms with Crippen LogP contribution in [0.3, 0.4) is 0 Å². The Kier molecular flexibility index (Phi) is 4.07. The molecule has 18 heavy (non-hydrogen) atoms. The van der Waals surface area contributed by atoms with E-state index in [9.17, 15) is 4.79 Å². The van der Waals surface area contributed by atoms with Gasteiger partial charge in [-0.2, -0.15) is 0 Å². The van der Waals surface area contributed by atoms with Gasteiger partial charge in [0.25, 0.3) is 5.91 Å². The molecule has 1 amide bonds. The second kappa shape index (κ2) is 5.41. The lowest BCUT2D eigenvalue weighted by atomic mass is 9.89. The Labute approximate surface area is 113 Å². The maximum atomic E-state index is 12.2. The molecule has 1 aliphatic rings. The van der Waals surface area contributed by atoms with Gasteiger partial charge in [-0.1, -0.05) is 6.92 Å². The van der Waals surface area contributed by atoms with Gasteiger partial charge >= 0.3 is 0 Å². The van der Waals surface area contributed by atoms with Crippen LogP contribution in [0.2, 0.25) is 0 Å². The Hall–Kier alpha value is -0.870. The number of piperidine rings is 1. The average molecular weight is 266 g/mol. The molecule has 0 spiro atoms. The third-order valence-electron chi connectivity index (χ3n) is 3.91. The Balaban J connectivity index is 2.06. The fraction of sp³-hybridized carbons (Fsp3) is 0.643. The Bertz CT molecular complexity index is 412. The number of hydrogen-bond acceptors (Lipinski definition) is 3. The molecule has 100 valence electrons. The Morgan fingerprint density at radius 3 is 2.72 bits per heavy atom. The lowest BCUT2D eigenvalue weighted by Gasteiger charge is -2.35. The summed E-state index contributed by atoms with van der Waals surface area (Å²) in [6.07, 6.45) is 1.12. The summed E-state index contributed by atoms with van der Waals surface area (Å²) in [5.41, 5.74) is 1.20. The first kappa shape index (κ1) is 13.6. The first-order valence-corrected chi connectivity index (χ1v) is 7.42. The van der Waals surface area contributed by atoms with Crippen molar-refractivity contribution in [2.45, 2.75) is 46.2 Å². The van der Waals surface area contributed by atoms with Gasteiger partial charge in [-0.05, 0) is 51.3 Å². The minimum atomic E-state index is 0.0728. The third-order valence-corrected chi connectivity index (χ3v) is 5.06. The van der Waals surface area contributed by atoms with Crippen LogP contribution in [0.4, 0.5) is 0 Å². The van der Waals surface area contributed by atoms with Crippen LogP contribution in [0.15, 0.2) is 6.07 Å². The van der Waals surface area contributed by atoms with E-state index in [0.717, 1.165) is 17.8 Å². The van der Waals surface area contributed by atoms with Crippen molar-refractivity contribution in [2.24, 2.45) is 5.92 Å². The monoisotopic (exact) mass is 266 g/mol. The summed E-state index contributed by atoms with van der Waals surface area (Å²) in [5.74, 6) is 0.607. The maximum absolute atomic E-state index is 12.2. The minimum absolute atomic E-state index is 0.0728. The molecule has 3 atom stereocenters. The van der Waals surface area contributed by atoms with Crippen molar-refractivity contribution in [2.75, 3.05) is 6.54 Å². The molecule has 0 aromatic carbocycles. The van der Waals surface area contributed by atoms with Crippen molar-refractivity contribution in [3.63, 3.8) is 0 Å². The van der Waals surface area contributed by atoms with Crippen LogP contribution in [-0.4, -0.2) is 24.5 Å². The molecule has 1 saturated heterocycles. The maximum Gasteiger partial charge on any atom is 0.261 e. The lowest BCUT2D eigenvalue weighted by molar-refractivity contribution is 0.0901. The van der Waals surface area contributed by atoms with Crippen LogP contribution in [0.5, 0.6) is 0 Å². The largest absolute Gasteiger partial charge is 0.347 e. The lowest BCUT2D eigenvalue weighted by Crippen LogP contribution is -2.55. The van der Waals surface area contributed by atoms with Gasteiger partial charge in [-0.25, -0.2) is 0 Å². The number of carbonyl (C=O) groups excluding carboxylic acids is 1. The van der Waals surface area contributed by atoms with Crippen molar-refractivity contribution >= 4 is 17.2 Å². The molecule has 0 bridgehead atoms. The van der Waals surface area contributed by atoms with Gasteiger partial charge in [0, 0.05) is 17.0 Å². The second-order valence-electron chi connectivity index (χ2n) is 5.36. The zero-order chi connectivity index (χ0) is 13.3. The molecule has 0 saturated carbocycles. The molecule has 1 fully saturated rings. The molecule has 1 aliphatic heterocycles. The molecule has 0 aliphatic carbocycles. The molecule has 1 aromatic heterocycles. The van der Waals surface area contributed by atoms with E-state index >= 15 is 0 Å². The first-order chi connectivity index (χ1) is 8.49. The van der Waals surface area contributed by atoms with Gasteiger partial charge in [0.1, 0.15) is 0 Å². The van der Waals surface area contributed by atoms with E-state index in [0.29, 0.717) is 12.0 Å². The highest BCUT2D eigenvalue weighted by Crippen LogP contribution is 2.22. The smallest absolute Gasteiger partial charge is 0.261 e. The highest BCUT2D eigenvalue weighted by Gasteiger charge is 2.29. The molecule has 3 unspecified atom stereocenters. The molecule has 3 nitrogen and oxygen atoms in total. The van der Waals surface area contributed by atoms with Gasteiger partial charge < -0.3 is 10.6 Å². The predicted octanol–water partition coefficient (Wildman–Crippen LogP) is 2.48. The first-order valence-electron chi connectivity index (χ1n) is 6.60. The number of aryl methyl sites for hydroxylation is 2. The SMILES string of the molecule is Cc1cc(C(=O)NC2C(C)CCNC2C)sc1C. The number of nitrogens with one attached hydrogen (secondary N) is 2. The molecular formula is C14H22N2OS. The number of rotatable bonds is 2. The van der Waals surface area contributed by atoms with Gasteiger partial charge in [0.15, 0.2) is 0 Å². The Morgan fingerprint density at radius 1 is 1.44 bits per heavy atom. The highest BCUT2D eigenvalue weighted by atomic mass is 32.1. The van der Waals surface area contributed by atoms with Crippen molar-refractivity contribution in [3.05, 3.63) is 21.4 Å². The molecule has 0 radical (unpaired) electrons. The van der Waals surface area contributed by atoms with Crippen molar-refractivity contribution in [3.8, 4) is 0 Å². The summed E-state index contributed by atoms with van der Waals surface area (Å²) in [6, 6.07) is 2.56. The number of carbonyl (C=O) groups is 1. The normalized spacial score (nSPS) is 28.1. The van der Waals surface area contributed by atoms with Crippen LogP contribution in [0.1, 0.15) is 40.4 Å². The standard InChI is InChI=1S/C14H22N2OS/c1-8-5-6-15-10(3)13(8)16-14(17)12-7-9(2)11(4)18-12/h7-8,10,13,15H,5-6H2,1-4H3,(H,16,17). The summed E-state index contributed by atoms with van der Waals surface area (Å²) in [6.45, 7) is 9.52. The van der Waals surface area contributed by atoms with Crippen molar-refractivity contribution in [1.29, 1.82) is 0 Å². The number of amides is 1. The molecular weight excluding hydrogens is 244 g/mol. The van der Waals surface area contributed by atoms with Gasteiger partial charge in [0.05, 0.1) is 4.88 Å². The molecule has 1 aromatic rings. The fourth-order valence-corrected chi connectivity index (χ4v) is 3.45. The van der Waals surface area contributed by atoms with Gasteiger partial charge in [0.2, 0.25) is 0 Å². The number of thiophene rings is 1. The van der Waals surface area contributed by atoms with E-state index in [1.54, 1.807) is 11.3 Å². The van der Waals surface area contributed by atoms with Crippen molar-refractivity contribution < 1.29 is 4.79 Å². The highest BCUT2D eigenvalue weighted by molar-refractivity contribution is 7.14. The summed E-state index contributed by atoms with van der Waals surface area (Å²) in [7, 11) is 0. The second-order valence-corrected chi connectivity index (χ2v) is 6.61. The summed E-state index contributed by atoms with van der Waals surface area (Å²) in [4.78, 5) is 14.3. The molecule has 4 heteroatoms. The predicted molar refractivity (Wildman–Crippen MR) is 76.3 cm³/mol. The molecule has 2 rings (SSSR count). The minimum Gasteiger partial charge on any atom is -0.347 e. The van der Waals surface area contributed by atoms with E-state index in [1.807, 2.05) is 6.07 Å². The molecule has 2 heterocycles. The van der Waals surface area contributed by atoms with Crippen LogP contribution < -0.4 is 10.6 Å². The van der Waals surface area contributed by atoms with Crippen LogP contribution in [0.25, 0.3) is 0 Å². The van der Waals surface area contributed by atoms with E-state index < -0.39 is 0 Å². The van der Waals surface area contributed by atoms with Crippen LogP contribution in [0, 0.1) is 19.8 Å². The summed E-state index contributed by atoms with van der Waals surface area (Å²) in [5, 5.41) is 6.61. The third kappa shape index (κ3) is 2.75.